The summed E-state index contributed by atoms with van der Waals surface area (Å²) in [7, 11) is 0. The van der Waals surface area contributed by atoms with Crippen LogP contribution in [0.25, 0.3) is 0 Å². The van der Waals surface area contributed by atoms with Crippen molar-refractivity contribution in [1.29, 1.82) is 0 Å². The van der Waals surface area contributed by atoms with E-state index in [0.717, 1.165) is 51.4 Å². The van der Waals surface area contributed by atoms with Crippen LogP contribution in [-0.4, -0.2) is 41.6 Å². The number of nitrogens with one attached hydrogen (secondary N) is 1. The first-order valence-electron chi connectivity index (χ1n) is 18.0. The van der Waals surface area contributed by atoms with Crippen LogP contribution in [0.4, 0.5) is 0 Å². The second-order valence-corrected chi connectivity index (χ2v) is 12.3. The third kappa shape index (κ3) is 28.6. The van der Waals surface area contributed by atoms with Gasteiger partial charge in [-0.05, 0) is 57.6 Å². The van der Waals surface area contributed by atoms with Gasteiger partial charge in [0.1, 0.15) is 12.1 Å². The second kappa shape index (κ2) is 31.5. The van der Waals surface area contributed by atoms with E-state index >= 15 is 0 Å². The Labute approximate surface area is 264 Å². The molecule has 43 heavy (non-hydrogen) atoms. The van der Waals surface area contributed by atoms with Crippen molar-refractivity contribution in [2.45, 2.75) is 193 Å². The highest BCUT2D eigenvalue weighted by Crippen LogP contribution is 2.16. The molecule has 0 aliphatic carbocycles. The molecule has 2 unspecified atom stereocenters. The molecule has 0 heterocycles. The molecule has 0 radical (unpaired) electrons. The molecule has 0 saturated heterocycles. The number of esters is 1. The number of amides is 1. The van der Waals surface area contributed by atoms with Crippen LogP contribution < -0.4 is 11.1 Å². The summed E-state index contributed by atoms with van der Waals surface area (Å²) in [6.45, 7) is 4.81. The Kier molecular flexibility index (Phi) is 30.1. The van der Waals surface area contributed by atoms with Crippen LogP contribution in [0.2, 0.25) is 0 Å². The van der Waals surface area contributed by atoms with Crippen LogP contribution in [0.1, 0.15) is 181 Å². The van der Waals surface area contributed by atoms with E-state index in [2.05, 4.69) is 25.2 Å². The summed E-state index contributed by atoms with van der Waals surface area (Å²) in [6, 6.07) is -0.865. The minimum absolute atomic E-state index is 0.0971. The zero-order chi connectivity index (χ0) is 31.8. The Morgan fingerprint density at radius 2 is 1.19 bits per heavy atom. The number of hydrogen-bond donors (Lipinski definition) is 3. The monoisotopic (exact) mass is 609 g/mol. The largest absolute Gasteiger partial charge is 0.480 e. The summed E-state index contributed by atoms with van der Waals surface area (Å²) >= 11 is 0. The van der Waals surface area contributed by atoms with Gasteiger partial charge in [0.2, 0.25) is 5.91 Å². The number of nitrogens with two attached hydrogens (primary N) is 1. The fourth-order valence-electron chi connectivity index (χ4n) is 5.31. The lowest BCUT2D eigenvalue weighted by Crippen LogP contribution is -2.40. The van der Waals surface area contributed by atoms with Gasteiger partial charge in [-0.15, -0.1) is 0 Å². The maximum Gasteiger partial charge on any atom is 0.326 e. The molecule has 0 aromatic carbocycles. The van der Waals surface area contributed by atoms with E-state index in [-0.39, 0.29) is 18.0 Å². The highest BCUT2D eigenvalue weighted by molar-refractivity contribution is 5.83. The van der Waals surface area contributed by atoms with Gasteiger partial charge in [0.05, 0.1) is 0 Å². The van der Waals surface area contributed by atoms with Crippen molar-refractivity contribution in [3.05, 3.63) is 12.2 Å². The van der Waals surface area contributed by atoms with Crippen LogP contribution in [-0.2, 0) is 19.1 Å². The summed E-state index contributed by atoms with van der Waals surface area (Å²) in [5.74, 6) is -1.34. The number of carbonyl (C=O) groups excluding carboxylic acids is 2. The number of allylic oxidation sites excluding steroid dienone is 1. The topological polar surface area (TPSA) is 119 Å². The summed E-state index contributed by atoms with van der Waals surface area (Å²) in [6.07, 6.45) is 31.6. The number of carboxylic acids is 1. The van der Waals surface area contributed by atoms with E-state index in [0.29, 0.717) is 38.6 Å². The molecule has 4 N–H and O–H groups in total. The number of aliphatic carboxylic acids is 1. The molecule has 0 spiro atoms. The van der Waals surface area contributed by atoms with Crippen LogP contribution in [0, 0.1) is 0 Å². The normalized spacial score (nSPS) is 12.8. The smallest absolute Gasteiger partial charge is 0.326 e. The lowest BCUT2D eigenvalue weighted by molar-refractivity contribution is -0.147. The van der Waals surface area contributed by atoms with Gasteiger partial charge in [-0.25, -0.2) is 4.79 Å². The van der Waals surface area contributed by atoms with Gasteiger partial charge in [-0.2, -0.15) is 0 Å². The first kappa shape index (κ1) is 41.1. The van der Waals surface area contributed by atoms with Gasteiger partial charge in [0.15, 0.2) is 0 Å². The molecule has 0 aliphatic rings. The average Bonchev–Trinajstić information content (AvgIpc) is 2.98. The van der Waals surface area contributed by atoms with Crippen LogP contribution in [0.3, 0.4) is 0 Å². The molecule has 0 aromatic heterocycles. The molecule has 7 nitrogen and oxygen atoms in total. The fourth-order valence-corrected chi connectivity index (χ4v) is 5.31. The molecular formula is C36H68N2O5. The van der Waals surface area contributed by atoms with E-state index in [1.54, 1.807) is 0 Å². The van der Waals surface area contributed by atoms with Gasteiger partial charge in [-0.3, -0.25) is 9.59 Å². The van der Waals surface area contributed by atoms with Crippen molar-refractivity contribution in [3.63, 3.8) is 0 Å². The highest BCUT2D eigenvalue weighted by atomic mass is 16.5. The molecule has 252 valence electrons. The number of rotatable bonds is 32. The minimum Gasteiger partial charge on any atom is -0.480 e. The van der Waals surface area contributed by atoms with Gasteiger partial charge in [0.25, 0.3) is 0 Å². The molecular weight excluding hydrogens is 540 g/mol. The van der Waals surface area contributed by atoms with Gasteiger partial charge < -0.3 is 20.9 Å². The third-order valence-corrected chi connectivity index (χ3v) is 8.05. The third-order valence-electron chi connectivity index (χ3n) is 8.05. The first-order valence-corrected chi connectivity index (χ1v) is 18.0. The number of carboxylic acid groups (broad SMARTS) is 1. The molecule has 0 aromatic rings. The second-order valence-electron chi connectivity index (χ2n) is 12.3. The van der Waals surface area contributed by atoms with E-state index in [1.807, 2.05) is 6.08 Å². The van der Waals surface area contributed by atoms with Crippen molar-refractivity contribution in [2.75, 3.05) is 6.54 Å². The summed E-state index contributed by atoms with van der Waals surface area (Å²) in [5.41, 5.74) is 5.45. The predicted octanol–water partition coefficient (Wildman–Crippen LogP) is 9.16. The quantitative estimate of drug-likeness (QED) is 0.0398. The molecule has 1 amide bonds. The highest BCUT2D eigenvalue weighted by Gasteiger charge is 2.19. The van der Waals surface area contributed by atoms with Crippen LogP contribution >= 0.6 is 0 Å². The molecule has 2 atom stereocenters. The minimum atomic E-state index is -1.02. The zero-order valence-corrected chi connectivity index (χ0v) is 28.1. The van der Waals surface area contributed by atoms with Crippen LogP contribution in [0.15, 0.2) is 12.2 Å². The van der Waals surface area contributed by atoms with E-state index < -0.39 is 12.0 Å². The van der Waals surface area contributed by atoms with Crippen molar-refractivity contribution >= 4 is 17.8 Å². The summed E-state index contributed by atoms with van der Waals surface area (Å²) in [4.78, 5) is 35.9. The van der Waals surface area contributed by atoms with Crippen LogP contribution in [0.5, 0.6) is 0 Å². The molecule has 0 saturated carbocycles. The Hall–Kier alpha value is -1.89. The van der Waals surface area contributed by atoms with Crippen molar-refractivity contribution in [1.82, 2.24) is 5.32 Å². The van der Waals surface area contributed by atoms with Gasteiger partial charge in [-0.1, -0.05) is 129 Å². The fraction of sp³-hybridized carbons (Fsp3) is 0.861. The van der Waals surface area contributed by atoms with Crippen molar-refractivity contribution in [2.24, 2.45) is 5.73 Å². The number of carbonyl (C=O) groups is 3. The molecule has 0 aliphatic heterocycles. The molecule has 0 rings (SSSR count). The number of hydrogen-bond acceptors (Lipinski definition) is 5. The number of ether oxygens (including phenoxy) is 1. The average molecular weight is 609 g/mol. The Morgan fingerprint density at radius 1 is 0.674 bits per heavy atom. The Morgan fingerprint density at radius 3 is 1.70 bits per heavy atom. The predicted molar refractivity (Wildman–Crippen MR) is 179 cm³/mol. The van der Waals surface area contributed by atoms with Crippen molar-refractivity contribution < 1.29 is 24.2 Å². The Balaban J connectivity index is 3.96. The SMILES string of the molecule is CCC/C=C\C(CCCCCCC(=O)NC(CCCN)C(=O)O)OC(=O)CCCCCCCCCCCCCCCCC. The lowest BCUT2D eigenvalue weighted by atomic mass is 10.0. The summed E-state index contributed by atoms with van der Waals surface area (Å²) < 4.78 is 5.80. The summed E-state index contributed by atoms with van der Waals surface area (Å²) in [5, 5.41) is 11.8. The standard InChI is InChI=1S/C36H68N2O5/c1-3-5-7-8-9-10-11-12-13-14-15-16-17-18-24-30-35(40)43-32(26-21-6-4-2)27-22-19-20-23-29-34(39)38-33(36(41)42)28-25-31-37/h21,26,32-33H,3-20,22-25,27-31,37H2,1-2H3,(H,38,39)(H,41,42)/b26-21-. The van der Waals surface area contributed by atoms with E-state index in [1.165, 1.54) is 83.5 Å². The molecule has 0 bridgehead atoms. The van der Waals surface area contributed by atoms with Gasteiger partial charge >= 0.3 is 11.9 Å². The maximum atomic E-state index is 12.5. The van der Waals surface area contributed by atoms with E-state index in [9.17, 15) is 19.5 Å². The molecule has 7 heteroatoms. The lowest BCUT2D eigenvalue weighted by Gasteiger charge is -2.15. The number of unbranched alkanes of at least 4 members (excludes halogenated alkanes) is 18. The Bertz CT molecular complexity index is 697. The zero-order valence-electron chi connectivity index (χ0n) is 28.1. The molecule has 0 fully saturated rings. The maximum absolute atomic E-state index is 12.5. The van der Waals surface area contributed by atoms with E-state index in [4.69, 9.17) is 10.5 Å². The van der Waals surface area contributed by atoms with Crippen molar-refractivity contribution in [3.8, 4) is 0 Å². The van der Waals surface area contributed by atoms with Gasteiger partial charge in [0, 0.05) is 12.8 Å². The first-order chi connectivity index (χ1) is 20.9.